The van der Waals surface area contributed by atoms with Gasteiger partial charge < -0.3 is 5.73 Å². The summed E-state index contributed by atoms with van der Waals surface area (Å²) in [7, 11) is 0. The van der Waals surface area contributed by atoms with Gasteiger partial charge in [0.25, 0.3) is 0 Å². The lowest BCUT2D eigenvalue weighted by molar-refractivity contribution is -0.120. The lowest BCUT2D eigenvalue weighted by Gasteiger charge is -2.08. The van der Waals surface area contributed by atoms with Gasteiger partial charge in [-0.05, 0) is 12.5 Å². The number of primary amides is 1. The Labute approximate surface area is 103 Å². The van der Waals surface area contributed by atoms with Gasteiger partial charge in [-0.25, -0.2) is 0 Å². The van der Waals surface area contributed by atoms with Crippen molar-refractivity contribution in [2.45, 2.75) is 13.3 Å². The number of benzene rings is 1. The number of hydrogen-bond donors (Lipinski definition) is 1. The normalized spacial score (nSPS) is 12.5. The standard InChI is InChI=1S/C13H13NO2S/c1-2-8(13(14)16)12(15)10-7-17-11-6-4-3-5-9(10)11/h3-8H,2H2,1H3,(H2,14,16). The number of nitrogens with two attached hydrogens (primary N) is 1. The molecule has 0 saturated carbocycles. The third-order valence-corrected chi connectivity index (χ3v) is 3.78. The highest BCUT2D eigenvalue weighted by atomic mass is 32.1. The highest BCUT2D eigenvalue weighted by Gasteiger charge is 2.25. The second-order valence-electron chi connectivity index (χ2n) is 3.87. The first-order valence-corrected chi connectivity index (χ1v) is 6.33. The molecular formula is C13H13NO2S. The fourth-order valence-corrected chi connectivity index (χ4v) is 2.82. The Morgan fingerprint density at radius 2 is 2.06 bits per heavy atom. The van der Waals surface area contributed by atoms with Crippen LogP contribution >= 0.6 is 11.3 Å². The number of hydrogen-bond acceptors (Lipinski definition) is 3. The van der Waals surface area contributed by atoms with E-state index in [1.807, 2.05) is 24.3 Å². The molecule has 4 heteroatoms. The van der Waals surface area contributed by atoms with Gasteiger partial charge in [0.1, 0.15) is 5.92 Å². The van der Waals surface area contributed by atoms with Gasteiger partial charge in [0, 0.05) is 21.0 Å². The first-order chi connectivity index (χ1) is 8.15. The SMILES string of the molecule is CCC(C(N)=O)C(=O)c1csc2ccccc12. The van der Waals surface area contributed by atoms with Crippen molar-refractivity contribution in [3.8, 4) is 0 Å². The fraction of sp³-hybridized carbons (Fsp3) is 0.231. The fourth-order valence-electron chi connectivity index (χ4n) is 1.87. The second-order valence-corrected chi connectivity index (χ2v) is 4.78. The van der Waals surface area contributed by atoms with E-state index < -0.39 is 11.8 Å². The Kier molecular flexibility index (Phi) is 3.24. The average Bonchev–Trinajstić information content (AvgIpc) is 2.72. The maximum Gasteiger partial charge on any atom is 0.228 e. The Morgan fingerprint density at radius 1 is 1.35 bits per heavy atom. The van der Waals surface area contributed by atoms with E-state index in [0.29, 0.717) is 12.0 Å². The molecule has 2 N–H and O–H groups in total. The molecule has 3 nitrogen and oxygen atoms in total. The molecule has 0 bridgehead atoms. The molecule has 0 fully saturated rings. The van der Waals surface area contributed by atoms with Crippen LogP contribution in [0.1, 0.15) is 23.7 Å². The number of Topliss-reactive ketones (excluding diaryl/α,β-unsaturated/α-hetero) is 1. The van der Waals surface area contributed by atoms with E-state index in [-0.39, 0.29) is 5.78 Å². The highest BCUT2D eigenvalue weighted by molar-refractivity contribution is 7.17. The van der Waals surface area contributed by atoms with Crippen LogP contribution in [0.4, 0.5) is 0 Å². The van der Waals surface area contributed by atoms with Gasteiger partial charge in [-0.2, -0.15) is 0 Å². The summed E-state index contributed by atoms with van der Waals surface area (Å²) in [6.45, 7) is 1.79. The molecule has 88 valence electrons. The van der Waals surface area contributed by atoms with Crippen LogP contribution in [0.5, 0.6) is 0 Å². The summed E-state index contributed by atoms with van der Waals surface area (Å²) in [4.78, 5) is 23.4. The van der Waals surface area contributed by atoms with Crippen molar-refractivity contribution in [1.29, 1.82) is 0 Å². The van der Waals surface area contributed by atoms with Crippen LogP contribution in [0, 0.1) is 5.92 Å². The Bertz CT molecular complexity index is 574. The summed E-state index contributed by atoms with van der Waals surface area (Å²) in [6.07, 6.45) is 0.443. The van der Waals surface area contributed by atoms with Crippen LogP contribution in [0.2, 0.25) is 0 Å². The molecule has 2 rings (SSSR count). The first kappa shape index (κ1) is 11.8. The minimum Gasteiger partial charge on any atom is -0.369 e. The van der Waals surface area contributed by atoms with Gasteiger partial charge >= 0.3 is 0 Å². The number of amides is 1. The van der Waals surface area contributed by atoms with Crippen LogP contribution in [0.3, 0.4) is 0 Å². The van der Waals surface area contributed by atoms with Gasteiger partial charge in [-0.1, -0.05) is 25.1 Å². The molecule has 0 aliphatic rings. The Morgan fingerprint density at radius 3 is 2.71 bits per heavy atom. The van der Waals surface area contributed by atoms with Crippen molar-refractivity contribution in [2.24, 2.45) is 11.7 Å². The lowest BCUT2D eigenvalue weighted by atomic mass is 9.94. The van der Waals surface area contributed by atoms with Crippen molar-refractivity contribution < 1.29 is 9.59 Å². The van der Waals surface area contributed by atoms with Crippen molar-refractivity contribution in [3.63, 3.8) is 0 Å². The number of rotatable bonds is 4. The zero-order valence-corrected chi connectivity index (χ0v) is 10.3. The van der Waals surface area contributed by atoms with E-state index in [4.69, 9.17) is 5.73 Å². The van der Waals surface area contributed by atoms with Gasteiger partial charge in [0.15, 0.2) is 5.78 Å². The van der Waals surface area contributed by atoms with Crippen molar-refractivity contribution in [1.82, 2.24) is 0 Å². The van der Waals surface area contributed by atoms with Crippen LogP contribution in [-0.4, -0.2) is 11.7 Å². The summed E-state index contributed by atoms with van der Waals surface area (Å²) in [5.41, 5.74) is 5.85. The molecule has 1 aromatic heterocycles. The molecule has 1 atom stereocenters. The average molecular weight is 247 g/mol. The largest absolute Gasteiger partial charge is 0.369 e. The second kappa shape index (κ2) is 4.67. The van der Waals surface area contributed by atoms with Gasteiger partial charge in [-0.15, -0.1) is 11.3 Å². The number of carbonyl (C=O) groups excluding carboxylic acids is 2. The summed E-state index contributed by atoms with van der Waals surface area (Å²) in [6, 6.07) is 7.67. The molecule has 1 aromatic carbocycles. The first-order valence-electron chi connectivity index (χ1n) is 5.45. The van der Waals surface area contributed by atoms with Crippen molar-refractivity contribution in [3.05, 3.63) is 35.2 Å². The number of carbonyl (C=O) groups is 2. The van der Waals surface area contributed by atoms with Crippen molar-refractivity contribution in [2.75, 3.05) is 0 Å². The van der Waals surface area contributed by atoms with E-state index in [2.05, 4.69) is 0 Å². The third kappa shape index (κ3) is 2.08. The summed E-state index contributed by atoms with van der Waals surface area (Å²) in [5, 5.41) is 2.71. The number of thiophene rings is 1. The zero-order valence-electron chi connectivity index (χ0n) is 9.47. The molecule has 0 spiro atoms. The molecule has 0 aliphatic heterocycles. The predicted molar refractivity (Wildman–Crippen MR) is 69.1 cm³/mol. The van der Waals surface area contributed by atoms with Crippen LogP contribution in [0.15, 0.2) is 29.6 Å². The summed E-state index contributed by atoms with van der Waals surface area (Å²) >= 11 is 1.51. The summed E-state index contributed by atoms with van der Waals surface area (Å²) < 4.78 is 1.05. The highest BCUT2D eigenvalue weighted by Crippen LogP contribution is 2.28. The number of ketones is 1. The molecule has 17 heavy (non-hydrogen) atoms. The molecule has 0 aliphatic carbocycles. The molecule has 1 amide bonds. The molecule has 1 heterocycles. The Balaban J connectivity index is 2.46. The van der Waals surface area contributed by atoms with E-state index in [1.165, 1.54) is 11.3 Å². The minimum absolute atomic E-state index is 0.169. The summed E-state index contributed by atoms with van der Waals surface area (Å²) in [5.74, 6) is -1.43. The van der Waals surface area contributed by atoms with Crippen LogP contribution in [0.25, 0.3) is 10.1 Å². The lowest BCUT2D eigenvalue weighted by Crippen LogP contribution is -2.29. The topological polar surface area (TPSA) is 60.2 Å². The molecular weight excluding hydrogens is 234 g/mol. The molecule has 0 saturated heterocycles. The maximum atomic E-state index is 12.2. The smallest absolute Gasteiger partial charge is 0.228 e. The molecule has 2 aromatic rings. The third-order valence-electron chi connectivity index (χ3n) is 2.81. The zero-order chi connectivity index (χ0) is 12.4. The van der Waals surface area contributed by atoms with E-state index >= 15 is 0 Å². The predicted octanol–water partition coefficient (Wildman–Crippen LogP) is 2.60. The van der Waals surface area contributed by atoms with E-state index in [0.717, 1.165) is 10.1 Å². The monoisotopic (exact) mass is 247 g/mol. The van der Waals surface area contributed by atoms with Gasteiger partial charge in [0.05, 0.1) is 0 Å². The van der Waals surface area contributed by atoms with Gasteiger partial charge in [0.2, 0.25) is 5.91 Å². The Hall–Kier alpha value is -1.68. The minimum atomic E-state index is -0.715. The molecule has 1 unspecified atom stereocenters. The van der Waals surface area contributed by atoms with Gasteiger partial charge in [-0.3, -0.25) is 9.59 Å². The van der Waals surface area contributed by atoms with E-state index in [9.17, 15) is 9.59 Å². The quantitative estimate of drug-likeness (QED) is 0.666. The van der Waals surface area contributed by atoms with Crippen LogP contribution in [-0.2, 0) is 4.79 Å². The maximum absolute atomic E-state index is 12.2. The van der Waals surface area contributed by atoms with Crippen molar-refractivity contribution >= 4 is 33.1 Å². The van der Waals surface area contributed by atoms with Crippen LogP contribution < -0.4 is 5.73 Å². The van der Waals surface area contributed by atoms with E-state index in [1.54, 1.807) is 12.3 Å². The number of fused-ring (bicyclic) bond motifs is 1. The molecule has 0 radical (unpaired) electrons.